The van der Waals surface area contributed by atoms with E-state index in [1.807, 2.05) is 0 Å². The number of benzene rings is 1. The Kier molecular flexibility index (Phi) is 5.97. The molecule has 0 saturated carbocycles. The van der Waals surface area contributed by atoms with Crippen molar-refractivity contribution in [3.63, 3.8) is 0 Å². The third kappa shape index (κ3) is 6.35. The average Bonchev–Trinajstić information content (AvgIpc) is 2.30. The summed E-state index contributed by atoms with van der Waals surface area (Å²) >= 11 is 5.42. The summed E-state index contributed by atoms with van der Waals surface area (Å²) in [5.41, 5.74) is 0.160. The molecule has 6 heteroatoms. The fourth-order valence-corrected chi connectivity index (χ4v) is 1.27. The normalized spacial score (nSPS) is 10.8. The van der Waals surface area contributed by atoms with Gasteiger partial charge in [0.2, 0.25) is 0 Å². The topological polar surface area (TPSA) is 9.23 Å². The molecule has 0 bridgehead atoms. The van der Waals surface area contributed by atoms with Crippen molar-refractivity contribution in [3.8, 4) is 17.6 Å². The molecule has 0 fully saturated rings. The maximum absolute atomic E-state index is 13.5. The van der Waals surface area contributed by atoms with E-state index in [4.69, 9.17) is 16.3 Å². The number of ether oxygens (including phenoxy) is 1. The van der Waals surface area contributed by atoms with Crippen LogP contribution >= 0.6 is 11.6 Å². The van der Waals surface area contributed by atoms with Crippen LogP contribution in [0.3, 0.4) is 0 Å². The van der Waals surface area contributed by atoms with E-state index in [1.54, 1.807) is 0 Å². The van der Waals surface area contributed by atoms with Crippen molar-refractivity contribution in [1.29, 1.82) is 0 Å². The Labute approximate surface area is 113 Å². The van der Waals surface area contributed by atoms with E-state index in [9.17, 15) is 17.6 Å². The van der Waals surface area contributed by atoms with Gasteiger partial charge in [-0.05, 0) is 12.1 Å². The summed E-state index contributed by atoms with van der Waals surface area (Å²) in [6, 6.07) is 3.75. The first-order valence-electron chi connectivity index (χ1n) is 5.46. The van der Waals surface area contributed by atoms with Crippen molar-refractivity contribution in [3.05, 3.63) is 29.6 Å². The molecule has 1 aromatic rings. The van der Waals surface area contributed by atoms with Gasteiger partial charge in [0.05, 0.1) is 18.6 Å². The summed E-state index contributed by atoms with van der Waals surface area (Å²) in [4.78, 5) is 0. The number of halogens is 5. The zero-order valence-electron chi connectivity index (χ0n) is 9.86. The Hall–Kier alpha value is -1.41. The lowest BCUT2D eigenvalue weighted by molar-refractivity contribution is -0.139. The maximum Gasteiger partial charge on any atom is 0.392 e. The lowest BCUT2D eigenvalue weighted by atomic mass is 10.2. The number of alkyl halides is 4. The molecule has 0 spiro atoms. The second kappa shape index (κ2) is 7.25. The summed E-state index contributed by atoms with van der Waals surface area (Å²) in [5, 5.41) is 0. The quantitative estimate of drug-likeness (QED) is 0.461. The van der Waals surface area contributed by atoms with Crippen molar-refractivity contribution in [2.45, 2.75) is 19.0 Å². The van der Waals surface area contributed by atoms with Crippen LogP contribution in [0.15, 0.2) is 18.2 Å². The minimum absolute atomic E-state index is 0.0460. The number of rotatable bonds is 4. The van der Waals surface area contributed by atoms with Gasteiger partial charge in [-0.3, -0.25) is 0 Å². The lowest BCUT2D eigenvalue weighted by Crippen LogP contribution is -2.13. The maximum atomic E-state index is 13.5. The molecule has 1 rings (SSSR count). The molecular weight excluding hydrogens is 284 g/mol. The van der Waals surface area contributed by atoms with Gasteiger partial charge in [-0.1, -0.05) is 11.8 Å². The second-order valence-electron chi connectivity index (χ2n) is 3.60. The van der Waals surface area contributed by atoms with Crippen LogP contribution in [0.4, 0.5) is 17.6 Å². The smallest absolute Gasteiger partial charge is 0.392 e. The third-order valence-electron chi connectivity index (χ3n) is 2.04. The fraction of sp³-hybridized carbons (Fsp3) is 0.385. The lowest BCUT2D eigenvalue weighted by Gasteiger charge is -2.08. The van der Waals surface area contributed by atoms with Gasteiger partial charge < -0.3 is 4.74 Å². The highest BCUT2D eigenvalue weighted by Gasteiger charge is 2.26. The molecule has 0 unspecified atom stereocenters. The minimum atomic E-state index is -4.29. The van der Waals surface area contributed by atoms with Crippen LogP contribution in [-0.4, -0.2) is 18.7 Å². The van der Waals surface area contributed by atoms with Gasteiger partial charge in [0.1, 0.15) is 11.6 Å². The SMILES string of the molecule is Fc1cc(OCCC(F)(F)F)ccc1C#CCCCl. The van der Waals surface area contributed by atoms with Crippen LogP contribution < -0.4 is 4.74 Å². The van der Waals surface area contributed by atoms with E-state index in [0.29, 0.717) is 12.3 Å². The van der Waals surface area contributed by atoms with Gasteiger partial charge in [-0.2, -0.15) is 13.2 Å². The summed E-state index contributed by atoms with van der Waals surface area (Å²) < 4.78 is 54.0. The molecule has 0 atom stereocenters. The molecule has 0 aliphatic heterocycles. The van der Waals surface area contributed by atoms with Gasteiger partial charge in [-0.15, -0.1) is 11.6 Å². The first-order valence-corrected chi connectivity index (χ1v) is 6.00. The summed E-state index contributed by atoms with van der Waals surface area (Å²) in [5.74, 6) is 5.01. The van der Waals surface area contributed by atoms with Gasteiger partial charge in [0, 0.05) is 18.4 Å². The highest BCUT2D eigenvalue weighted by molar-refractivity contribution is 6.18. The molecule has 0 radical (unpaired) electrons. The number of hydrogen-bond donors (Lipinski definition) is 0. The Morgan fingerprint density at radius 3 is 2.58 bits per heavy atom. The molecule has 0 heterocycles. The van der Waals surface area contributed by atoms with E-state index in [2.05, 4.69) is 11.8 Å². The summed E-state index contributed by atoms with van der Waals surface area (Å²) in [7, 11) is 0. The van der Waals surface area contributed by atoms with E-state index in [-0.39, 0.29) is 11.3 Å². The number of hydrogen-bond acceptors (Lipinski definition) is 1. The summed E-state index contributed by atoms with van der Waals surface area (Å²) in [6.45, 7) is -0.541. The molecule has 1 aromatic carbocycles. The standard InChI is InChI=1S/C13H11ClF4O/c14-7-2-1-3-10-4-5-11(9-12(10)15)19-8-6-13(16,17)18/h4-5,9H,2,6-8H2. The summed E-state index contributed by atoms with van der Waals surface area (Å²) in [6.07, 6.45) is -4.93. The van der Waals surface area contributed by atoms with E-state index in [0.717, 1.165) is 6.07 Å². The molecule has 104 valence electrons. The Balaban J connectivity index is 2.60. The highest BCUT2D eigenvalue weighted by atomic mass is 35.5. The highest BCUT2D eigenvalue weighted by Crippen LogP contribution is 2.21. The molecule has 0 aliphatic carbocycles. The minimum Gasteiger partial charge on any atom is -0.493 e. The molecule has 0 N–H and O–H groups in total. The van der Waals surface area contributed by atoms with Gasteiger partial charge in [0.25, 0.3) is 0 Å². The second-order valence-corrected chi connectivity index (χ2v) is 3.97. The predicted octanol–water partition coefficient (Wildman–Crippen LogP) is 4.14. The molecule has 0 aromatic heterocycles. The predicted molar refractivity (Wildman–Crippen MR) is 64.8 cm³/mol. The van der Waals surface area contributed by atoms with E-state index < -0.39 is 25.0 Å². The van der Waals surface area contributed by atoms with Crippen molar-refractivity contribution >= 4 is 11.6 Å². The van der Waals surface area contributed by atoms with E-state index >= 15 is 0 Å². The monoisotopic (exact) mass is 294 g/mol. The molecule has 1 nitrogen and oxygen atoms in total. The molecule has 0 amide bonds. The Bertz CT molecular complexity index is 474. The first-order chi connectivity index (χ1) is 8.92. The average molecular weight is 295 g/mol. The van der Waals surface area contributed by atoms with Gasteiger partial charge in [0.15, 0.2) is 0 Å². The zero-order chi connectivity index (χ0) is 14.3. The van der Waals surface area contributed by atoms with Crippen molar-refractivity contribution in [2.24, 2.45) is 0 Å². The van der Waals surface area contributed by atoms with Crippen LogP contribution in [0.25, 0.3) is 0 Å². The van der Waals surface area contributed by atoms with Crippen LogP contribution in [0.5, 0.6) is 5.75 Å². The fourth-order valence-electron chi connectivity index (χ4n) is 1.18. The van der Waals surface area contributed by atoms with Crippen molar-refractivity contribution in [2.75, 3.05) is 12.5 Å². The molecule has 0 saturated heterocycles. The van der Waals surface area contributed by atoms with Crippen LogP contribution in [0, 0.1) is 17.7 Å². The Morgan fingerprint density at radius 1 is 1.26 bits per heavy atom. The van der Waals surface area contributed by atoms with Crippen molar-refractivity contribution in [1.82, 2.24) is 0 Å². The first kappa shape index (κ1) is 15.6. The van der Waals surface area contributed by atoms with Crippen LogP contribution in [0.1, 0.15) is 18.4 Å². The largest absolute Gasteiger partial charge is 0.493 e. The van der Waals surface area contributed by atoms with Crippen LogP contribution in [0.2, 0.25) is 0 Å². The van der Waals surface area contributed by atoms with E-state index in [1.165, 1.54) is 12.1 Å². The molecule has 0 aliphatic rings. The Morgan fingerprint density at radius 2 is 2.00 bits per heavy atom. The molecule has 19 heavy (non-hydrogen) atoms. The van der Waals surface area contributed by atoms with Crippen LogP contribution in [-0.2, 0) is 0 Å². The van der Waals surface area contributed by atoms with Gasteiger partial charge >= 0.3 is 6.18 Å². The molecular formula is C13H11ClF4O. The van der Waals surface area contributed by atoms with Gasteiger partial charge in [-0.25, -0.2) is 4.39 Å². The van der Waals surface area contributed by atoms with Crippen molar-refractivity contribution < 1.29 is 22.3 Å². The third-order valence-corrected chi connectivity index (χ3v) is 2.23. The zero-order valence-corrected chi connectivity index (χ0v) is 10.6.